The molecule has 0 unspecified atom stereocenters. The van der Waals surface area contributed by atoms with Gasteiger partial charge in [0.05, 0.1) is 0 Å². The van der Waals surface area contributed by atoms with Gasteiger partial charge in [0, 0.05) is 49.7 Å². The van der Waals surface area contributed by atoms with Crippen molar-refractivity contribution in [3.8, 4) is 0 Å². The summed E-state index contributed by atoms with van der Waals surface area (Å²) in [5, 5.41) is 5.70. The number of hydrogen-bond donors (Lipinski definition) is 2. The lowest BCUT2D eigenvalue weighted by atomic mass is 10.1. The normalized spacial score (nSPS) is 10.5. The highest BCUT2D eigenvalue weighted by Gasteiger charge is 2.11. The van der Waals surface area contributed by atoms with Crippen LogP contribution in [0.15, 0.2) is 48.5 Å². The molecule has 0 radical (unpaired) electrons. The molecule has 0 aromatic heterocycles. The van der Waals surface area contributed by atoms with E-state index >= 15 is 0 Å². The SMILES string of the molecule is CN(C)CCNC(=O)c1cccc(C(=O)Nc2ccc(N(C)C)cc2)c1. The van der Waals surface area contributed by atoms with Crippen molar-refractivity contribution in [1.29, 1.82) is 0 Å². The van der Waals surface area contributed by atoms with Crippen molar-refractivity contribution < 1.29 is 9.59 Å². The minimum Gasteiger partial charge on any atom is -0.378 e. The number of rotatable bonds is 7. The second kappa shape index (κ2) is 9.01. The number of benzene rings is 2. The largest absolute Gasteiger partial charge is 0.378 e. The maximum absolute atomic E-state index is 12.5. The topological polar surface area (TPSA) is 64.7 Å². The quantitative estimate of drug-likeness (QED) is 0.801. The molecule has 6 nitrogen and oxygen atoms in total. The van der Waals surface area contributed by atoms with Gasteiger partial charge in [-0.15, -0.1) is 0 Å². The summed E-state index contributed by atoms with van der Waals surface area (Å²) in [6.45, 7) is 1.31. The minimum absolute atomic E-state index is 0.183. The summed E-state index contributed by atoms with van der Waals surface area (Å²) >= 11 is 0. The molecule has 6 heteroatoms. The van der Waals surface area contributed by atoms with E-state index in [0.717, 1.165) is 12.2 Å². The van der Waals surface area contributed by atoms with Crippen LogP contribution in [0.5, 0.6) is 0 Å². The van der Waals surface area contributed by atoms with Crippen LogP contribution in [0.1, 0.15) is 20.7 Å². The first-order valence-electron chi connectivity index (χ1n) is 8.48. The van der Waals surface area contributed by atoms with Crippen LogP contribution in [0.3, 0.4) is 0 Å². The number of carbonyl (C=O) groups is 2. The summed E-state index contributed by atoms with van der Waals surface area (Å²) in [4.78, 5) is 28.6. The highest BCUT2D eigenvalue weighted by atomic mass is 16.2. The average molecular weight is 354 g/mol. The first kappa shape index (κ1) is 19.5. The number of likely N-dealkylation sites (N-methyl/N-ethyl adjacent to an activating group) is 1. The van der Waals surface area contributed by atoms with E-state index < -0.39 is 0 Å². The number of carbonyl (C=O) groups excluding carboxylic acids is 2. The summed E-state index contributed by atoms with van der Waals surface area (Å²) in [5.74, 6) is -0.428. The second-order valence-electron chi connectivity index (χ2n) is 6.54. The summed E-state index contributed by atoms with van der Waals surface area (Å²) in [7, 11) is 7.82. The van der Waals surface area contributed by atoms with Crippen molar-refractivity contribution in [2.24, 2.45) is 0 Å². The minimum atomic E-state index is -0.245. The van der Waals surface area contributed by atoms with E-state index in [1.807, 2.05) is 62.3 Å². The Kier molecular flexibility index (Phi) is 6.74. The van der Waals surface area contributed by atoms with Crippen LogP contribution in [0.25, 0.3) is 0 Å². The molecule has 2 aromatic rings. The lowest BCUT2D eigenvalue weighted by molar-refractivity contribution is 0.0951. The Balaban J connectivity index is 2.01. The third-order valence-electron chi connectivity index (χ3n) is 3.87. The van der Waals surface area contributed by atoms with Gasteiger partial charge >= 0.3 is 0 Å². The van der Waals surface area contributed by atoms with Crippen molar-refractivity contribution in [2.75, 3.05) is 51.5 Å². The van der Waals surface area contributed by atoms with E-state index in [4.69, 9.17) is 0 Å². The van der Waals surface area contributed by atoms with Gasteiger partial charge in [-0.1, -0.05) is 6.07 Å². The van der Waals surface area contributed by atoms with Gasteiger partial charge in [-0.2, -0.15) is 0 Å². The zero-order valence-corrected chi connectivity index (χ0v) is 15.7. The summed E-state index contributed by atoms with van der Waals surface area (Å²) < 4.78 is 0. The molecular formula is C20H26N4O2. The number of hydrogen-bond acceptors (Lipinski definition) is 4. The first-order valence-corrected chi connectivity index (χ1v) is 8.48. The Morgan fingerprint density at radius 1 is 0.885 bits per heavy atom. The average Bonchev–Trinajstić information content (AvgIpc) is 2.62. The van der Waals surface area contributed by atoms with Gasteiger partial charge in [-0.25, -0.2) is 0 Å². The fourth-order valence-electron chi connectivity index (χ4n) is 2.34. The van der Waals surface area contributed by atoms with Gasteiger partial charge in [0.2, 0.25) is 0 Å². The summed E-state index contributed by atoms with van der Waals surface area (Å²) in [6.07, 6.45) is 0. The molecule has 138 valence electrons. The van der Waals surface area contributed by atoms with Gasteiger partial charge in [0.25, 0.3) is 11.8 Å². The van der Waals surface area contributed by atoms with E-state index in [1.54, 1.807) is 24.3 Å². The molecule has 0 aliphatic heterocycles. The van der Waals surface area contributed by atoms with E-state index in [1.165, 1.54) is 0 Å². The maximum atomic E-state index is 12.5. The standard InChI is InChI=1S/C20H26N4O2/c1-23(2)13-12-21-19(25)15-6-5-7-16(14-15)20(26)22-17-8-10-18(11-9-17)24(3)4/h5-11,14H,12-13H2,1-4H3,(H,21,25)(H,22,26). The van der Waals surface area contributed by atoms with Gasteiger partial charge in [-0.3, -0.25) is 9.59 Å². The molecule has 0 fully saturated rings. The fraction of sp³-hybridized carbons (Fsp3) is 0.300. The molecule has 0 bridgehead atoms. The Morgan fingerprint density at radius 3 is 2.08 bits per heavy atom. The fourth-order valence-corrected chi connectivity index (χ4v) is 2.34. The molecule has 2 N–H and O–H groups in total. The zero-order chi connectivity index (χ0) is 19.1. The third kappa shape index (κ3) is 5.60. The third-order valence-corrected chi connectivity index (χ3v) is 3.87. The smallest absolute Gasteiger partial charge is 0.255 e. The Morgan fingerprint density at radius 2 is 1.50 bits per heavy atom. The van der Waals surface area contributed by atoms with Gasteiger partial charge < -0.3 is 20.4 Å². The Labute approximate surface area is 154 Å². The Bertz CT molecular complexity index is 755. The zero-order valence-electron chi connectivity index (χ0n) is 15.7. The van der Waals surface area contributed by atoms with Crippen LogP contribution in [-0.2, 0) is 0 Å². The molecule has 0 aliphatic carbocycles. The predicted molar refractivity (Wildman–Crippen MR) is 106 cm³/mol. The Hall–Kier alpha value is -2.86. The van der Waals surface area contributed by atoms with Crippen molar-refractivity contribution >= 4 is 23.2 Å². The number of anilines is 2. The molecule has 0 spiro atoms. The molecule has 0 saturated heterocycles. The van der Waals surface area contributed by atoms with Crippen LogP contribution in [0, 0.1) is 0 Å². The van der Waals surface area contributed by atoms with E-state index in [0.29, 0.717) is 23.4 Å². The highest BCUT2D eigenvalue weighted by molar-refractivity contribution is 6.06. The summed E-state index contributed by atoms with van der Waals surface area (Å²) in [5.41, 5.74) is 2.68. The molecule has 0 heterocycles. The molecule has 2 aromatic carbocycles. The van der Waals surface area contributed by atoms with Crippen molar-refractivity contribution in [3.05, 3.63) is 59.7 Å². The second-order valence-corrected chi connectivity index (χ2v) is 6.54. The van der Waals surface area contributed by atoms with Gasteiger partial charge in [0.15, 0.2) is 0 Å². The van der Waals surface area contributed by atoms with Crippen LogP contribution < -0.4 is 15.5 Å². The molecular weight excluding hydrogens is 328 g/mol. The number of nitrogens with zero attached hydrogens (tertiary/aromatic N) is 2. The number of amides is 2. The van der Waals surface area contributed by atoms with E-state index in [9.17, 15) is 9.59 Å². The molecule has 0 atom stereocenters. The summed E-state index contributed by atoms with van der Waals surface area (Å²) in [6, 6.07) is 14.3. The van der Waals surface area contributed by atoms with Crippen LogP contribution in [0.2, 0.25) is 0 Å². The highest BCUT2D eigenvalue weighted by Crippen LogP contribution is 2.16. The molecule has 26 heavy (non-hydrogen) atoms. The van der Waals surface area contributed by atoms with Crippen molar-refractivity contribution in [1.82, 2.24) is 10.2 Å². The molecule has 0 aliphatic rings. The molecule has 2 rings (SSSR count). The van der Waals surface area contributed by atoms with Crippen molar-refractivity contribution in [3.63, 3.8) is 0 Å². The first-order chi connectivity index (χ1) is 12.4. The van der Waals surface area contributed by atoms with E-state index in [-0.39, 0.29) is 11.8 Å². The molecule has 0 saturated carbocycles. The van der Waals surface area contributed by atoms with Crippen molar-refractivity contribution in [2.45, 2.75) is 0 Å². The maximum Gasteiger partial charge on any atom is 0.255 e. The monoisotopic (exact) mass is 354 g/mol. The van der Waals surface area contributed by atoms with Gasteiger partial charge in [-0.05, 0) is 56.6 Å². The van der Waals surface area contributed by atoms with Crippen LogP contribution in [0.4, 0.5) is 11.4 Å². The molecule has 2 amide bonds. The lowest BCUT2D eigenvalue weighted by Crippen LogP contribution is -2.31. The van der Waals surface area contributed by atoms with Crippen LogP contribution >= 0.6 is 0 Å². The van der Waals surface area contributed by atoms with Crippen LogP contribution in [-0.4, -0.2) is 58.0 Å². The number of nitrogens with one attached hydrogen (secondary N) is 2. The lowest BCUT2D eigenvalue weighted by Gasteiger charge is -2.13. The van der Waals surface area contributed by atoms with E-state index in [2.05, 4.69) is 10.6 Å². The predicted octanol–water partition coefficient (Wildman–Crippen LogP) is 2.30. The van der Waals surface area contributed by atoms with Gasteiger partial charge in [0.1, 0.15) is 0 Å².